The van der Waals surface area contributed by atoms with Crippen molar-refractivity contribution >= 4 is 0 Å². The lowest BCUT2D eigenvalue weighted by molar-refractivity contribution is -0.230. The number of ether oxygens (including phenoxy) is 3. The maximum absolute atomic E-state index is 6.58. The van der Waals surface area contributed by atoms with Gasteiger partial charge < -0.3 is 14.2 Å². The Kier molecular flexibility index (Phi) is 5.70. The standard InChI is InChI=1S/C29H46O3/c1-18-19(2)31-29(17,26(12,13)23(18,6)7)22(5)30-21(4)28(16)24(8,9)20(3)25(10,11)32-27(28,14)15/h1-5H2,6-17H3. The molecule has 0 aromatic carbocycles. The van der Waals surface area contributed by atoms with Crippen molar-refractivity contribution in [2.24, 2.45) is 21.7 Å². The number of rotatable bonds is 4. The molecule has 3 heteroatoms. The Morgan fingerprint density at radius 1 is 0.719 bits per heavy atom. The van der Waals surface area contributed by atoms with Crippen LogP contribution in [-0.4, -0.2) is 16.8 Å². The Labute approximate surface area is 197 Å². The van der Waals surface area contributed by atoms with Gasteiger partial charge in [0.1, 0.15) is 17.3 Å². The largest absolute Gasteiger partial charge is 0.479 e. The van der Waals surface area contributed by atoms with E-state index in [4.69, 9.17) is 14.2 Å². The van der Waals surface area contributed by atoms with E-state index in [1.54, 1.807) is 0 Å². The first-order chi connectivity index (χ1) is 13.9. The molecule has 0 aliphatic carbocycles. The van der Waals surface area contributed by atoms with Crippen LogP contribution in [0.25, 0.3) is 0 Å². The lowest BCUT2D eigenvalue weighted by Crippen LogP contribution is -2.64. The van der Waals surface area contributed by atoms with Crippen LogP contribution in [0.2, 0.25) is 0 Å². The van der Waals surface area contributed by atoms with E-state index in [1.165, 1.54) is 0 Å². The van der Waals surface area contributed by atoms with Gasteiger partial charge in [0, 0.05) is 16.2 Å². The maximum Gasteiger partial charge on any atom is 0.168 e. The Bertz CT molecular complexity index is 909. The second-order valence-electron chi connectivity index (χ2n) is 12.6. The highest BCUT2D eigenvalue weighted by Gasteiger charge is 2.65. The van der Waals surface area contributed by atoms with Crippen LogP contribution >= 0.6 is 0 Å². The number of hydrogen-bond donors (Lipinski definition) is 0. The molecule has 0 bridgehead atoms. The summed E-state index contributed by atoms with van der Waals surface area (Å²) in [7, 11) is 0. The average Bonchev–Trinajstić information content (AvgIpc) is 2.62. The third-order valence-corrected chi connectivity index (χ3v) is 9.96. The summed E-state index contributed by atoms with van der Waals surface area (Å²) < 4.78 is 19.5. The minimum atomic E-state index is -0.839. The van der Waals surface area contributed by atoms with E-state index in [1.807, 2.05) is 6.92 Å². The average molecular weight is 443 g/mol. The van der Waals surface area contributed by atoms with Gasteiger partial charge in [-0.25, -0.2) is 0 Å². The van der Waals surface area contributed by atoms with Crippen molar-refractivity contribution in [3.63, 3.8) is 0 Å². The normalized spacial score (nSPS) is 34.4. The molecule has 2 saturated heterocycles. The fraction of sp³-hybridized carbons (Fsp3) is 0.655. The third kappa shape index (κ3) is 3.03. The molecule has 3 nitrogen and oxygen atoms in total. The molecule has 0 N–H and O–H groups in total. The first kappa shape index (κ1) is 26.5. The quantitative estimate of drug-likeness (QED) is 0.325. The summed E-state index contributed by atoms with van der Waals surface area (Å²) in [4.78, 5) is 0. The van der Waals surface area contributed by atoms with E-state index in [-0.39, 0.29) is 16.2 Å². The predicted molar refractivity (Wildman–Crippen MR) is 135 cm³/mol. The Hall–Kier alpha value is -1.74. The SMILES string of the molecule is C=C1OC(C)(C(=C)OC(=C)C2(C)C(C)(C)OC(C)(C)C(=C)C2(C)C)C(C)(C)C(C)(C)C1=C. The van der Waals surface area contributed by atoms with Gasteiger partial charge in [0.15, 0.2) is 5.60 Å². The van der Waals surface area contributed by atoms with E-state index in [2.05, 4.69) is 109 Å². The molecule has 2 aliphatic heterocycles. The Morgan fingerprint density at radius 3 is 1.66 bits per heavy atom. The second-order valence-corrected chi connectivity index (χ2v) is 12.6. The van der Waals surface area contributed by atoms with Gasteiger partial charge in [-0.3, -0.25) is 0 Å². The maximum atomic E-state index is 6.58. The zero-order valence-corrected chi connectivity index (χ0v) is 22.8. The molecule has 32 heavy (non-hydrogen) atoms. The summed E-state index contributed by atoms with van der Waals surface area (Å²) in [5.74, 6) is 1.65. The van der Waals surface area contributed by atoms with Crippen LogP contribution in [0.4, 0.5) is 0 Å². The van der Waals surface area contributed by atoms with Crippen LogP contribution in [0.1, 0.15) is 83.1 Å². The second kappa shape index (κ2) is 6.88. The fourth-order valence-electron chi connectivity index (χ4n) is 5.80. The summed E-state index contributed by atoms with van der Waals surface area (Å²) >= 11 is 0. The minimum Gasteiger partial charge on any atom is -0.479 e. The summed E-state index contributed by atoms with van der Waals surface area (Å²) in [5.41, 5.74) is -1.57. The van der Waals surface area contributed by atoms with Gasteiger partial charge in [-0.15, -0.1) is 0 Å². The van der Waals surface area contributed by atoms with E-state index in [0.29, 0.717) is 17.3 Å². The molecular formula is C29H46O3. The van der Waals surface area contributed by atoms with Crippen LogP contribution in [0.5, 0.6) is 0 Å². The van der Waals surface area contributed by atoms with Gasteiger partial charge in [-0.2, -0.15) is 0 Å². The van der Waals surface area contributed by atoms with Crippen molar-refractivity contribution in [3.8, 4) is 0 Å². The number of hydrogen-bond acceptors (Lipinski definition) is 3. The summed E-state index contributed by atoms with van der Waals surface area (Å²) in [6.45, 7) is 47.0. The third-order valence-electron chi connectivity index (χ3n) is 9.96. The van der Waals surface area contributed by atoms with Gasteiger partial charge in [-0.1, -0.05) is 74.4 Å². The highest BCUT2D eigenvalue weighted by atomic mass is 16.6. The molecule has 0 aromatic heterocycles. The molecule has 0 aromatic rings. The highest BCUT2D eigenvalue weighted by molar-refractivity contribution is 5.39. The van der Waals surface area contributed by atoms with Gasteiger partial charge in [0.25, 0.3) is 0 Å². The summed E-state index contributed by atoms with van der Waals surface area (Å²) in [6, 6.07) is 0. The van der Waals surface area contributed by atoms with Crippen molar-refractivity contribution in [3.05, 3.63) is 61.3 Å². The van der Waals surface area contributed by atoms with E-state index >= 15 is 0 Å². The topological polar surface area (TPSA) is 27.7 Å². The van der Waals surface area contributed by atoms with Gasteiger partial charge >= 0.3 is 0 Å². The first-order valence-corrected chi connectivity index (χ1v) is 11.5. The van der Waals surface area contributed by atoms with E-state index in [9.17, 15) is 0 Å². The monoisotopic (exact) mass is 442 g/mol. The molecule has 2 atom stereocenters. The molecule has 2 heterocycles. The van der Waals surface area contributed by atoms with Gasteiger partial charge in [0.05, 0.1) is 16.6 Å². The molecule has 0 amide bonds. The summed E-state index contributed by atoms with van der Waals surface area (Å²) in [5, 5.41) is 0. The molecule has 2 fully saturated rings. The Balaban J connectivity index is 2.52. The first-order valence-electron chi connectivity index (χ1n) is 11.5. The minimum absolute atomic E-state index is 0.278. The van der Waals surface area contributed by atoms with Crippen LogP contribution < -0.4 is 0 Å². The van der Waals surface area contributed by atoms with Crippen LogP contribution in [0, 0.1) is 21.7 Å². The van der Waals surface area contributed by atoms with Crippen LogP contribution in [-0.2, 0) is 14.2 Å². The predicted octanol–water partition coefficient (Wildman–Crippen LogP) is 8.12. The summed E-state index contributed by atoms with van der Waals surface area (Å²) in [6.07, 6.45) is 0. The molecule has 0 spiro atoms. The zero-order chi connectivity index (χ0) is 25.5. The van der Waals surface area contributed by atoms with Crippen molar-refractivity contribution in [2.45, 2.75) is 99.9 Å². The highest BCUT2D eigenvalue weighted by Crippen LogP contribution is 2.65. The van der Waals surface area contributed by atoms with Crippen molar-refractivity contribution in [2.75, 3.05) is 0 Å². The molecule has 0 radical (unpaired) electrons. The fourth-order valence-corrected chi connectivity index (χ4v) is 5.80. The zero-order valence-electron chi connectivity index (χ0n) is 22.8. The van der Waals surface area contributed by atoms with E-state index in [0.717, 1.165) is 11.1 Å². The van der Waals surface area contributed by atoms with E-state index < -0.39 is 22.2 Å². The van der Waals surface area contributed by atoms with Crippen molar-refractivity contribution in [1.82, 2.24) is 0 Å². The molecule has 0 saturated carbocycles. The molecule has 2 unspecified atom stereocenters. The number of allylic oxidation sites excluding steroid dienone is 1. The van der Waals surface area contributed by atoms with Crippen LogP contribution in [0.15, 0.2) is 61.3 Å². The van der Waals surface area contributed by atoms with Crippen molar-refractivity contribution < 1.29 is 14.2 Å². The Morgan fingerprint density at radius 2 is 1.19 bits per heavy atom. The van der Waals surface area contributed by atoms with Gasteiger partial charge in [0.2, 0.25) is 0 Å². The lowest BCUT2D eigenvalue weighted by Gasteiger charge is -2.63. The smallest absolute Gasteiger partial charge is 0.168 e. The van der Waals surface area contributed by atoms with Gasteiger partial charge in [-0.05, 0) is 52.7 Å². The molecule has 2 rings (SSSR count). The van der Waals surface area contributed by atoms with Crippen molar-refractivity contribution in [1.29, 1.82) is 0 Å². The molecule has 2 aliphatic rings. The van der Waals surface area contributed by atoms with Crippen LogP contribution in [0.3, 0.4) is 0 Å². The molecule has 180 valence electrons. The lowest BCUT2D eigenvalue weighted by atomic mass is 9.51. The molecular weight excluding hydrogens is 396 g/mol.